The van der Waals surface area contributed by atoms with Crippen LogP contribution in [-0.4, -0.2) is 32.9 Å². The van der Waals surface area contributed by atoms with Crippen molar-refractivity contribution in [1.29, 1.82) is 0 Å². The molecule has 0 aliphatic carbocycles. The van der Waals surface area contributed by atoms with Crippen molar-refractivity contribution in [1.82, 2.24) is 5.32 Å². The van der Waals surface area contributed by atoms with E-state index in [-0.39, 0.29) is 5.82 Å². The molecule has 0 heterocycles. The fourth-order valence-electron chi connectivity index (χ4n) is 1.55. The Bertz CT molecular complexity index is 363. The van der Waals surface area contributed by atoms with Crippen LogP contribution in [0.5, 0.6) is 5.75 Å². The minimum atomic E-state index is -0.357. The Morgan fingerprint density at radius 1 is 1.21 bits per heavy atom. The van der Waals surface area contributed by atoms with Gasteiger partial charge in [-0.3, -0.25) is 0 Å². The minimum absolute atomic E-state index is 0.303. The molecule has 0 fully saturated rings. The number of ether oxygens (including phenoxy) is 2. The molecular formula is C14H21ClFNO2. The van der Waals surface area contributed by atoms with Gasteiger partial charge in [-0.05, 0) is 44.5 Å². The largest absolute Gasteiger partial charge is 0.491 e. The predicted molar refractivity (Wildman–Crippen MR) is 75.5 cm³/mol. The number of hydrogen-bond donors (Lipinski definition) is 1. The van der Waals surface area contributed by atoms with E-state index in [1.54, 1.807) is 6.07 Å². The molecule has 1 aromatic carbocycles. The first-order valence-electron chi connectivity index (χ1n) is 6.60. The van der Waals surface area contributed by atoms with Crippen LogP contribution in [0.1, 0.15) is 19.8 Å². The van der Waals surface area contributed by atoms with Crippen LogP contribution in [0.25, 0.3) is 0 Å². The van der Waals surface area contributed by atoms with E-state index in [1.165, 1.54) is 12.1 Å². The average molecular weight is 290 g/mol. The van der Waals surface area contributed by atoms with Crippen LogP contribution in [-0.2, 0) is 4.74 Å². The van der Waals surface area contributed by atoms with Crippen molar-refractivity contribution in [3.05, 3.63) is 29.0 Å². The lowest BCUT2D eigenvalue weighted by atomic mass is 10.3. The van der Waals surface area contributed by atoms with Crippen LogP contribution in [0, 0.1) is 5.82 Å². The third kappa shape index (κ3) is 7.35. The highest BCUT2D eigenvalue weighted by Gasteiger charge is 2.02. The maximum Gasteiger partial charge on any atom is 0.138 e. The van der Waals surface area contributed by atoms with E-state index < -0.39 is 0 Å². The van der Waals surface area contributed by atoms with Crippen molar-refractivity contribution < 1.29 is 13.9 Å². The summed E-state index contributed by atoms with van der Waals surface area (Å²) in [4.78, 5) is 0. The number of hydrogen-bond acceptors (Lipinski definition) is 3. The first-order valence-corrected chi connectivity index (χ1v) is 6.98. The van der Waals surface area contributed by atoms with Gasteiger partial charge >= 0.3 is 0 Å². The third-order valence-corrected chi connectivity index (χ3v) is 2.82. The topological polar surface area (TPSA) is 30.5 Å². The molecular weight excluding hydrogens is 269 g/mol. The van der Waals surface area contributed by atoms with Crippen molar-refractivity contribution in [2.24, 2.45) is 0 Å². The van der Waals surface area contributed by atoms with Gasteiger partial charge in [-0.1, -0.05) is 11.6 Å². The summed E-state index contributed by atoms with van der Waals surface area (Å²) in [6, 6.07) is 4.13. The average Bonchev–Trinajstić information content (AvgIpc) is 2.39. The van der Waals surface area contributed by atoms with Gasteiger partial charge in [0, 0.05) is 19.8 Å². The molecule has 0 aromatic heterocycles. The number of benzene rings is 1. The molecule has 0 saturated carbocycles. The zero-order chi connectivity index (χ0) is 13.9. The molecule has 0 saturated heterocycles. The molecule has 0 spiro atoms. The molecule has 19 heavy (non-hydrogen) atoms. The van der Waals surface area contributed by atoms with Gasteiger partial charge in [-0.25, -0.2) is 4.39 Å². The van der Waals surface area contributed by atoms with E-state index in [9.17, 15) is 4.39 Å². The highest BCUT2D eigenvalue weighted by atomic mass is 35.5. The molecule has 1 aromatic rings. The molecule has 1 N–H and O–H groups in total. The smallest absolute Gasteiger partial charge is 0.138 e. The normalized spacial score (nSPS) is 10.7. The maximum absolute atomic E-state index is 12.8. The molecule has 0 radical (unpaired) electrons. The summed E-state index contributed by atoms with van der Waals surface area (Å²) in [5.41, 5.74) is 0. The zero-order valence-electron chi connectivity index (χ0n) is 11.3. The SMILES string of the molecule is CCOCCCCNCCOc1ccc(F)cc1Cl. The highest BCUT2D eigenvalue weighted by Crippen LogP contribution is 2.24. The molecule has 0 atom stereocenters. The molecule has 0 amide bonds. The summed E-state index contributed by atoms with van der Waals surface area (Å²) in [7, 11) is 0. The number of rotatable bonds is 10. The summed E-state index contributed by atoms with van der Waals surface area (Å²) < 4.78 is 23.5. The highest BCUT2D eigenvalue weighted by molar-refractivity contribution is 6.32. The lowest BCUT2D eigenvalue weighted by molar-refractivity contribution is 0.143. The summed E-state index contributed by atoms with van der Waals surface area (Å²) in [5, 5.41) is 3.57. The monoisotopic (exact) mass is 289 g/mol. The number of halogens is 2. The summed E-state index contributed by atoms with van der Waals surface area (Å²) in [5.74, 6) is 0.158. The Kier molecular flexibility index (Phi) is 8.54. The van der Waals surface area contributed by atoms with Crippen LogP contribution in [0.4, 0.5) is 4.39 Å². The van der Waals surface area contributed by atoms with Crippen molar-refractivity contribution in [3.63, 3.8) is 0 Å². The van der Waals surface area contributed by atoms with E-state index in [0.29, 0.717) is 17.4 Å². The third-order valence-electron chi connectivity index (χ3n) is 2.53. The molecule has 0 unspecified atom stereocenters. The molecule has 0 aliphatic rings. The van der Waals surface area contributed by atoms with E-state index in [1.807, 2.05) is 6.92 Å². The second kappa shape index (κ2) is 10.0. The Balaban J connectivity index is 2.01. The van der Waals surface area contributed by atoms with Crippen LogP contribution < -0.4 is 10.1 Å². The number of nitrogens with one attached hydrogen (secondary N) is 1. The molecule has 1 rings (SSSR count). The van der Waals surface area contributed by atoms with Gasteiger partial charge in [0.15, 0.2) is 0 Å². The Morgan fingerprint density at radius 3 is 2.79 bits per heavy atom. The van der Waals surface area contributed by atoms with Crippen LogP contribution >= 0.6 is 11.6 Å². The van der Waals surface area contributed by atoms with E-state index in [4.69, 9.17) is 21.1 Å². The first kappa shape index (κ1) is 16.2. The Labute approximate surface area is 119 Å². The minimum Gasteiger partial charge on any atom is -0.491 e. The number of unbranched alkanes of at least 4 members (excludes halogenated alkanes) is 1. The molecule has 5 heteroatoms. The Morgan fingerprint density at radius 2 is 2.05 bits per heavy atom. The van der Waals surface area contributed by atoms with Crippen molar-refractivity contribution >= 4 is 11.6 Å². The van der Waals surface area contributed by atoms with Gasteiger partial charge in [-0.2, -0.15) is 0 Å². The quantitative estimate of drug-likeness (QED) is 0.671. The first-order chi connectivity index (χ1) is 9.24. The molecule has 108 valence electrons. The standard InChI is InChI=1S/C14H21ClFNO2/c1-2-18-9-4-3-7-17-8-10-19-14-6-5-12(16)11-13(14)15/h5-6,11,17H,2-4,7-10H2,1H3. The van der Waals surface area contributed by atoms with E-state index >= 15 is 0 Å². The fourth-order valence-corrected chi connectivity index (χ4v) is 1.77. The van der Waals surface area contributed by atoms with Crippen LogP contribution in [0.3, 0.4) is 0 Å². The van der Waals surface area contributed by atoms with Crippen LogP contribution in [0.15, 0.2) is 18.2 Å². The van der Waals surface area contributed by atoms with Crippen LogP contribution in [0.2, 0.25) is 5.02 Å². The summed E-state index contributed by atoms with van der Waals surface area (Å²) in [6.07, 6.45) is 2.14. The second-order valence-corrected chi connectivity index (χ2v) is 4.48. The fraction of sp³-hybridized carbons (Fsp3) is 0.571. The van der Waals surface area contributed by atoms with Gasteiger partial charge in [0.2, 0.25) is 0 Å². The maximum atomic E-state index is 12.8. The van der Waals surface area contributed by atoms with E-state index in [2.05, 4.69) is 5.32 Å². The van der Waals surface area contributed by atoms with Gasteiger partial charge < -0.3 is 14.8 Å². The van der Waals surface area contributed by atoms with Gasteiger partial charge in [0.25, 0.3) is 0 Å². The summed E-state index contributed by atoms with van der Waals surface area (Å²) in [6.45, 7) is 5.78. The van der Waals surface area contributed by atoms with Crippen molar-refractivity contribution in [2.45, 2.75) is 19.8 Å². The summed E-state index contributed by atoms with van der Waals surface area (Å²) >= 11 is 5.84. The Hall–Kier alpha value is -0.840. The van der Waals surface area contributed by atoms with Gasteiger partial charge in [-0.15, -0.1) is 0 Å². The zero-order valence-corrected chi connectivity index (χ0v) is 12.0. The molecule has 0 bridgehead atoms. The second-order valence-electron chi connectivity index (χ2n) is 4.08. The van der Waals surface area contributed by atoms with Crippen molar-refractivity contribution in [2.75, 3.05) is 32.9 Å². The predicted octanol–water partition coefficient (Wildman–Crippen LogP) is 3.26. The molecule has 0 aliphatic heterocycles. The lowest BCUT2D eigenvalue weighted by Crippen LogP contribution is -2.22. The van der Waals surface area contributed by atoms with Crippen molar-refractivity contribution in [3.8, 4) is 5.75 Å². The lowest BCUT2D eigenvalue weighted by Gasteiger charge is -2.09. The van der Waals surface area contributed by atoms with Gasteiger partial charge in [0.05, 0.1) is 5.02 Å². The van der Waals surface area contributed by atoms with Gasteiger partial charge in [0.1, 0.15) is 18.2 Å². The molecule has 3 nitrogen and oxygen atoms in total. The van der Waals surface area contributed by atoms with E-state index in [0.717, 1.165) is 39.1 Å².